The topological polar surface area (TPSA) is 57.2 Å². The van der Waals surface area contributed by atoms with Gasteiger partial charge in [0.15, 0.2) is 5.78 Å². The van der Waals surface area contributed by atoms with E-state index in [9.17, 15) is 14.7 Å². The van der Waals surface area contributed by atoms with Crippen LogP contribution in [0.3, 0.4) is 0 Å². The summed E-state index contributed by atoms with van der Waals surface area (Å²) in [4.78, 5) is 20.2. The monoisotopic (exact) mass is 152 g/mol. The van der Waals surface area contributed by atoms with Crippen LogP contribution in [0.25, 0.3) is 0 Å². The molecule has 0 aromatic rings. The fourth-order valence-corrected chi connectivity index (χ4v) is 0.333. The van der Waals surface area contributed by atoms with Crippen LogP contribution in [0.5, 0.6) is 0 Å². The number of carbonyl (C=O) groups is 2. The summed E-state index contributed by atoms with van der Waals surface area (Å²) in [5.41, 5.74) is 0. The summed E-state index contributed by atoms with van der Waals surface area (Å²) in [6.45, 7) is 3.07. The number of allylic oxidation sites excluding steroid dienone is 1. The predicted octanol–water partition coefficient (Wildman–Crippen LogP) is -4.21. The van der Waals surface area contributed by atoms with Crippen molar-refractivity contribution in [3.05, 3.63) is 12.7 Å². The second-order valence-electron chi connectivity index (χ2n) is 1.33. The Labute approximate surface area is 76.1 Å². The van der Waals surface area contributed by atoms with Gasteiger partial charge in [-0.15, -0.1) is 0 Å². The fourth-order valence-electron chi connectivity index (χ4n) is 0.228. The molecule has 0 fully saturated rings. The first-order valence-corrected chi connectivity index (χ1v) is 2.66. The molecule has 5 heteroatoms. The quantitative estimate of drug-likeness (QED) is 0.193. The molecule has 0 aromatic carbocycles. The van der Waals surface area contributed by atoms with Gasteiger partial charge < -0.3 is 9.90 Å². The maximum absolute atomic E-state index is 10.3. The molecule has 0 radical (unpaired) electrons. The first kappa shape index (κ1) is 12.5. The normalized spacial score (nSPS) is 10.9. The molecule has 0 aromatic heterocycles. The number of ketones is 1. The summed E-state index contributed by atoms with van der Waals surface area (Å²) in [5, 5.41) is 8.47. The molecule has 10 heavy (non-hydrogen) atoms. The van der Waals surface area contributed by atoms with Crippen LogP contribution < -0.4 is 24.0 Å². The molecule has 50 valence electrons. The predicted molar refractivity (Wildman–Crippen MR) is 33.0 cm³/mol. The van der Waals surface area contributed by atoms with Gasteiger partial charge >= 0.3 is 18.9 Å². The van der Waals surface area contributed by atoms with E-state index in [2.05, 4.69) is 19.2 Å². The summed E-state index contributed by atoms with van der Waals surface area (Å²) in [6.07, 6.45) is 0.896. The summed E-state index contributed by atoms with van der Waals surface area (Å²) in [7, 11) is 0. The van der Waals surface area contributed by atoms with Crippen LogP contribution in [0.2, 0.25) is 0 Å². The van der Waals surface area contributed by atoms with Crippen LogP contribution in [0.15, 0.2) is 12.7 Å². The van der Waals surface area contributed by atoms with Crippen LogP contribution in [0.4, 0.5) is 0 Å². The number of hydrogen-bond donors (Lipinski definition) is 1. The molecule has 0 aliphatic rings. The van der Waals surface area contributed by atoms with E-state index in [0.29, 0.717) is 0 Å². The van der Waals surface area contributed by atoms with Crippen LogP contribution in [-0.2, 0) is 9.59 Å². The zero-order chi connectivity index (χ0) is 7.44. The van der Waals surface area contributed by atoms with E-state index >= 15 is 0 Å². The third-order valence-electron chi connectivity index (χ3n) is 0.694. The van der Waals surface area contributed by atoms with Gasteiger partial charge in [-0.2, -0.15) is 12.6 Å². The van der Waals surface area contributed by atoms with E-state index < -0.39 is 17.0 Å². The average Bonchev–Trinajstić information content (AvgIpc) is 1.84. The van der Waals surface area contributed by atoms with E-state index in [1.165, 1.54) is 0 Å². The van der Waals surface area contributed by atoms with Gasteiger partial charge in [0, 0.05) is 0 Å². The number of carboxylic acid groups (broad SMARTS) is 1. The van der Waals surface area contributed by atoms with E-state index in [4.69, 9.17) is 0 Å². The van der Waals surface area contributed by atoms with Crippen molar-refractivity contribution in [1.29, 1.82) is 0 Å². The minimum absolute atomic E-state index is 0. The Morgan fingerprint density at radius 2 is 2.00 bits per heavy atom. The van der Waals surface area contributed by atoms with E-state index in [1.807, 2.05) is 0 Å². The van der Waals surface area contributed by atoms with Crippen molar-refractivity contribution < 1.29 is 33.6 Å². The molecule has 0 rings (SSSR count). The fraction of sp³-hybridized carbons (Fsp3) is 0.200. The number of hydrogen-bond acceptors (Lipinski definition) is 4. The van der Waals surface area contributed by atoms with E-state index in [1.54, 1.807) is 0 Å². The van der Waals surface area contributed by atoms with Crippen LogP contribution in [0, 0.1) is 0 Å². The molecule has 1 unspecified atom stereocenters. The van der Waals surface area contributed by atoms with Crippen molar-refractivity contribution in [2.75, 3.05) is 0 Å². The molecule has 0 heterocycles. The molecule has 1 atom stereocenters. The molecular weight excluding hydrogens is 147 g/mol. The minimum Gasteiger partial charge on any atom is -0.548 e. The first-order chi connectivity index (χ1) is 4.09. The SMILES string of the molecule is C=CC(=O)C(S)C(=O)[O-].[Li+]. The van der Waals surface area contributed by atoms with Crippen molar-refractivity contribution in [2.45, 2.75) is 5.25 Å². The third-order valence-corrected chi connectivity index (χ3v) is 1.16. The average molecular weight is 152 g/mol. The number of carbonyl (C=O) groups excluding carboxylic acids is 2. The van der Waals surface area contributed by atoms with Crippen molar-refractivity contribution in [1.82, 2.24) is 0 Å². The second-order valence-corrected chi connectivity index (χ2v) is 1.84. The molecule has 0 amide bonds. The van der Waals surface area contributed by atoms with Gasteiger partial charge in [-0.05, 0) is 6.08 Å². The van der Waals surface area contributed by atoms with Crippen molar-refractivity contribution in [3.8, 4) is 0 Å². The summed E-state index contributed by atoms with van der Waals surface area (Å²) < 4.78 is 0. The Kier molecular flexibility index (Phi) is 7.00. The number of aliphatic carboxylic acids is 1. The van der Waals surface area contributed by atoms with E-state index in [-0.39, 0.29) is 18.9 Å². The molecule has 0 saturated heterocycles. The number of thiol groups is 1. The summed E-state index contributed by atoms with van der Waals surface area (Å²) >= 11 is 3.42. The zero-order valence-electron chi connectivity index (χ0n) is 5.53. The van der Waals surface area contributed by atoms with E-state index in [0.717, 1.165) is 6.08 Å². The minimum atomic E-state index is -1.50. The van der Waals surface area contributed by atoms with Gasteiger partial charge in [0.2, 0.25) is 0 Å². The van der Waals surface area contributed by atoms with Crippen LogP contribution in [-0.4, -0.2) is 17.0 Å². The smallest absolute Gasteiger partial charge is 0.548 e. The van der Waals surface area contributed by atoms with Crippen molar-refractivity contribution >= 4 is 24.4 Å². The molecular formula is C5H5LiO3S. The molecule has 3 nitrogen and oxygen atoms in total. The molecule has 0 aliphatic carbocycles. The Hall–Kier alpha value is -0.173. The number of rotatable bonds is 3. The zero-order valence-corrected chi connectivity index (χ0v) is 6.43. The Bertz CT molecular complexity index is 157. The molecule has 0 aliphatic heterocycles. The van der Waals surface area contributed by atoms with Gasteiger partial charge in [-0.3, -0.25) is 4.79 Å². The van der Waals surface area contributed by atoms with Gasteiger partial charge in [0.1, 0.15) is 5.25 Å². The first-order valence-electron chi connectivity index (χ1n) is 2.14. The van der Waals surface area contributed by atoms with Gasteiger partial charge in [-0.25, -0.2) is 0 Å². The van der Waals surface area contributed by atoms with Gasteiger partial charge in [0.05, 0.1) is 5.97 Å². The van der Waals surface area contributed by atoms with Crippen molar-refractivity contribution in [3.63, 3.8) is 0 Å². The Morgan fingerprint density at radius 1 is 1.60 bits per heavy atom. The third kappa shape index (κ3) is 3.78. The largest absolute Gasteiger partial charge is 1.00 e. The van der Waals surface area contributed by atoms with Gasteiger partial charge in [-0.1, -0.05) is 6.58 Å². The maximum Gasteiger partial charge on any atom is 1.00 e. The van der Waals surface area contributed by atoms with Crippen LogP contribution >= 0.6 is 12.6 Å². The van der Waals surface area contributed by atoms with Crippen LogP contribution in [0.1, 0.15) is 0 Å². The Balaban J connectivity index is 0. The second kappa shape index (κ2) is 5.60. The summed E-state index contributed by atoms with van der Waals surface area (Å²) in [6, 6.07) is 0. The maximum atomic E-state index is 10.3. The van der Waals surface area contributed by atoms with Gasteiger partial charge in [0.25, 0.3) is 0 Å². The molecule has 0 N–H and O–H groups in total. The standard InChI is InChI=1S/C5H6O3S.Li/c1-2-3(6)4(9)5(7)8;/h2,4,9H,1H2,(H,7,8);/q;+1/p-1. The molecule has 0 spiro atoms. The number of carboxylic acids is 1. The molecule has 0 bridgehead atoms. The summed E-state index contributed by atoms with van der Waals surface area (Å²) in [5.74, 6) is -2.15. The molecule has 0 saturated carbocycles. The Morgan fingerprint density at radius 3 is 2.10 bits per heavy atom. The van der Waals surface area contributed by atoms with Crippen molar-refractivity contribution in [2.24, 2.45) is 0 Å².